The van der Waals surface area contributed by atoms with E-state index in [4.69, 9.17) is 4.74 Å². The number of nitrogens with one attached hydrogen (secondary N) is 1. The molecule has 8 nitrogen and oxygen atoms in total. The normalized spacial score (nSPS) is 14.1. The summed E-state index contributed by atoms with van der Waals surface area (Å²) in [7, 11) is 0. The molecule has 0 fully saturated rings. The number of thiophene rings is 1. The molecule has 164 valence electrons. The Morgan fingerprint density at radius 1 is 1.29 bits per heavy atom. The van der Waals surface area contributed by atoms with Crippen LogP contribution in [0.4, 0.5) is 5.00 Å². The molecule has 1 aromatic carbocycles. The number of hydrazone groups is 1. The van der Waals surface area contributed by atoms with Gasteiger partial charge in [-0.25, -0.2) is 9.80 Å². The first-order valence-electron chi connectivity index (χ1n) is 9.82. The summed E-state index contributed by atoms with van der Waals surface area (Å²) >= 11 is 2.48. The Bertz CT molecular complexity index is 1020. The van der Waals surface area contributed by atoms with Crippen LogP contribution in [0.5, 0.6) is 5.75 Å². The van der Waals surface area contributed by atoms with Gasteiger partial charge in [-0.15, -0.1) is 11.3 Å². The zero-order valence-electron chi connectivity index (χ0n) is 17.2. The maximum atomic E-state index is 12.9. The standard InChI is InChI=1S/C21H23N3O5S2/c1-3-14-11-15(21(28)29-4-2)19(31-14)22-18(27)20-23-24(17(26)9-10-30-20)12-13-7-5-6-8-16(13)25/h5-8,11,25H,3-4,9-10,12H2,1-2H3,(H,22,27). The van der Waals surface area contributed by atoms with Crippen LogP contribution >= 0.6 is 23.1 Å². The highest BCUT2D eigenvalue weighted by molar-refractivity contribution is 8.15. The number of hydrogen-bond donors (Lipinski definition) is 2. The third kappa shape index (κ3) is 5.65. The van der Waals surface area contributed by atoms with E-state index in [1.54, 1.807) is 31.2 Å². The van der Waals surface area contributed by atoms with Crippen LogP contribution in [0.15, 0.2) is 35.4 Å². The molecule has 0 saturated heterocycles. The fourth-order valence-electron chi connectivity index (χ4n) is 2.82. The molecule has 0 saturated carbocycles. The number of carbonyl (C=O) groups excluding carboxylic acids is 3. The number of nitrogens with zero attached hydrogens (tertiary/aromatic N) is 2. The van der Waals surface area contributed by atoms with Crippen LogP contribution < -0.4 is 5.32 Å². The molecule has 1 aliphatic rings. The summed E-state index contributed by atoms with van der Waals surface area (Å²) in [6.45, 7) is 3.96. The molecule has 0 aliphatic carbocycles. The van der Waals surface area contributed by atoms with Gasteiger partial charge in [0.1, 0.15) is 10.8 Å². The summed E-state index contributed by atoms with van der Waals surface area (Å²) in [6, 6.07) is 8.38. The molecule has 2 aromatic rings. The average molecular weight is 462 g/mol. The SMILES string of the molecule is CCOC(=O)c1cc(CC)sc1NC(=O)C1=NN(Cc2ccccc2O)C(=O)CCS1. The Labute approximate surface area is 188 Å². The molecule has 10 heteroatoms. The molecule has 0 radical (unpaired) electrons. The summed E-state index contributed by atoms with van der Waals surface area (Å²) < 4.78 is 5.09. The third-order valence-corrected chi connectivity index (χ3v) is 6.56. The fraction of sp³-hybridized carbons (Fsp3) is 0.333. The number of phenolic OH excluding ortho intramolecular Hbond substituents is 1. The second-order valence-corrected chi connectivity index (χ2v) is 8.79. The van der Waals surface area contributed by atoms with Crippen LogP contribution in [0.3, 0.4) is 0 Å². The number of phenols is 1. The quantitative estimate of drug-likeness (QED) is 0.610. The molecule has 0 unspecified atom stereocenters. The molecule has 0 spiro atoms. The van der Waals surface area contributed by atoms with Crippen LogP contribution in [0.2, 0.25) is 0 Å². The Morgan fingerprint density at radius 2 is 2.06 bits per heavy atom. The van der Waals surface area contributed by atoms with E-state index in [0.29, 0.717) is 28.3 Å². The Morgan fingerprint density at radius 3 is 2.77 bits per heavy atom. The lowest BCUT2D eigenvalue weighted by atomic mass is 10.2. The van der Waals surface area contributed by atoms with Crippen LogP contribution in [0.25, 0.3) is 0 Å². The van der Waals surface area contributed by atoms with Gasteiger partial charge in [0.05, 0.1) is 18.7 Å². The van der Waals surface area contributed by atoms with Crippen molar-refractivity contribution in [3.8, 4) is 5.75 Å². The van der Waals surface area contributed by atoms with Crippen molar-refractivity contribution in [2.75, 3.05) is 17.7 Å². The van der Waals surface area contributed by atoms with Gasteiger partial charge in [-0.1, -0.05) is 36.9 Å². The number of carbonyl (C=O) groups is 3. The zero-order chi connectivity index (χ0) is 22.4. The van der Waals surface area contributed by atoms with E-state index in [1.807, 2.05) is 6.92 Å². The molecule has 2 N–H and O–H groups in total. The first-order valence-corrected chi connectivity index (χ1v) is 11.6. The number of ether oxygens (including phenoxy) is 1. The van der Waals surface area contributed by atoms with Gasteiger partial charge >= 0.3 is 5.97 Å². The van der Waals surface area contributed by atoms with Crippen molar-refractivity contribution in [2.24, 2.45) is 5.10 Å². The predicted octanol–water partition coefficient (Wildman–Crippen LogP) is 3.61. The van der Waals surface area contributed by atoms with Gasteiger partial charge in [0.15, 0.2) is 5.04 Å². The number of aryl methyl sites for hydroxylation is 1. The summed E-state index contributed by atoms with van der Waals surface area (Å²) in [6.07, 6.45) is 0.928. The van der Waals surface area contributed by atoms with Gasteiger partial charge in [-0.3, -0.25) is 9.59 Å². The summed E-state index contributed by atoms with van der Waals surface area (Å²) in [4.78, 5) is 38.6. The molecule has 3 rings (SSSR count). The summed E-state index contributed by atoms with van der Waals surface area (Å²) in [5, 5.41) is 18.7. The molecular formula is C21H23N3O5S2. The molecule has 0 bridgehead atoms. The van der Waals surface area contributed by atoms with E-state index in [0.717, 1.165) is 4.88 Å². The second kappa shape index (κ2) is 10.5. The number of thioether (sulfide) groups is 1. The first-order chi connectivity index (χ1) is 14.9. The lowest BCUT2D eigenvalue weighted by Gasteiger charge is -2.16. The number of rotatable bonds is 7. The molecule has 1 aromatic heterocycles. The van der Waals surface area contributed by atoms with Gasteiger partial charge in [-0.05, 0) is 25.5 Å². The lowest BCUT2D eigenvalue weighted by Crippen LogP contribution is -2.27. The average Bonchev–Trinajstić information content (AvgIpc) is 3.07. The van der Waals surface area contributed by atoms with Crippen LogP contribution in [0.1, 0.15) is 41.1 Å². The number of hydrogen-bond acceptors (Lipinski definition) is 8. The molecule has 0 atom stereocenters. The highest BCUT2D eigenvalue weighted by atomic mass is 32.2. The van der Waals surface area contributed by atoms with Crippen molar-refractivity contribution in [3.63, 3.8) is 0 Å². The van der Waals surface area contributed by atoms with Gasteiger partial charge in [0.25, 0.3) is 5.91 Å². The first kappa shape index (κ1) is 22.8. The minimum absolute atomic E-state index is 0.0515. The summed E-state index contributed by atoms with van der Waals surface area (Å²) in [5.74, 6) is -0.788. The number of para-hydroxylation sites is 1. The highest BCUT2D eigenvalue weighted by Gasteiger charge is 2.26. The van der Waals surface area contributed by atoms with Crippen molar-refractivity contribution in [1.29, 1.82) is 0 Å². The number of anilines is 1. The molecule has 31 heavy (non-hydrogen) atoms. The lowest BCUT2D eigenvalue weighted by molar-refractivity contribution is -0.131. The van der Waals surface area contributed by atoms with Crippen LogP contribution in [-0.4, -0.2) is 45.3 Å². The van der Waals surface area contributed by atoms with Crippen molar-refractivity contribution in [1.82, 2.24) is 5.01 Å². The number of esters is 1. The number of benzene rings is 1. The Kier molecular flexibility index (Phi) is 7.69. The van der Waals surface area contributed by atoms with Crippen molar-refractivity contribution in [3.05, 3.63) is 46.3 Å². The van der Waals surface area contributed by atoms with E-state index in [9.17, 15) is 19.5 Å². The van der Waals surface area contributed by atoms with E-state index in [2.05, 4.69) is 10.4 Å². The molecular weight excluding hydrogens is 438 g/mol. The maximum absolute atomic E-state index is 12.9. The Hall–Kier alpha value is -2.85. The highest BCUT2D eigenvalue weighted by Crippen LogP contribution is 2.30. The van der Waals surface area contributed by atoms with Crippen molar-refractivity contribution < 1.29 is 24.2 Å². The predicted molar refractivity (Wildman–Crippen MR) is 121 cm³/mol. The minimum atomic E-state index is -0.503. The maximum Gasteiger partial charge on any atom is 0.341 e. The number of aromatic hydroxyl groups is 1. The van der Waals surface area contributed by atoms with Gasteiger partial charge < -0.3 is 15.2 Å². The van der Waals surface area contributed by atoms with Crippen molar-refractivity contribution in [2.45, 2.75) is 33.2 Å². The fourth-order valence-corrected chi connectivity index (χ4v) is 4.61. The number of amides is 2. The zero-order valence-corrected chi connectivity index (χ0v) is 18.8. The van der Waals surface area contributed by atoms with Gasteiger partial charge in [-0.2, -0.15) is 5.10 Å². The van der Waals surface area contributed by atoms with Gasteiger partial charge in [0, 0.05) is 22.6 Å². The molecule has 1 aliphatic heterocycles. The molecule has 2 amide bonds. The van der Waals surface area contributed by atoms with E-state index in [-0.39, 0.29) is 36.3 Å². The third-order valence-electron chi connectivity index (χ3n) is 4.41. The minimum Gasteiger partial charge on any atom is -0.508 e. The van der Waals surface area contributed by atoms with E-state index >= 15 is 0 Å². The second-order valence-electron chi connectivity index (χ2n) is 6.57. The monoisotopic (exact) mass is 461 g/mol. The van der Waals surface area contributed by atoms with E-state index < -0.39 is 11.9 Å². The van der Waals surface area contributed by atoms with Gasteiger partial charge in [0.2, 0.25) is 5.91 Å². The van der Waals surface area contributed by atoms with Crippen LogP contribution in [-0.2, 0) is 27.3 Å². The summed E-state index contributed by atoms with van der Waals surface area (Å²) in [5.41, 5.74) is 0.833. The Balaban J connectivity index is 1.83. The topological polar surface area (TPSA) is 108 Å². The largest absolute Gasteiger partial charge is 0.508 e. The molecule has 2 heterocycles. The van der Waals surface area contributed by atoms with Crippen LogP contribution in [0, 0.1) is 0 Å². The van der Waals surface area contributed by atoms with E-state index in [1.165, 1.54) is 34.2 Å². The van der Waals surface area contributed by atoms with Crippen molar-refractivity contribution >= 4 is 50.9 Å². The smallest absolute Gasteiger partial charge is 0.341 e.